The number of carbonyl (C=O) groups excluding carboxylic acids is 1. The summed E-state index contributed by atoms with van der Waals surface area (Å²) in [5, 5.41) is 12.7. The molecule has 0 radical (unpaired) electrons. The van der Waals surface area contributed by atoms with Gasteiger partial charge in [-0.2, -0.15) is 5.26 Å². The molecule has 20 heavy (non-hydrogen) atoms. The van der Waals surface area contributed by atoms with E-state index in [9.17, 15) is 4.79 Å². The number of nitrogens with zero attached hydrogens (tertiary/aromatic N) is 2. The summed E-state index contributed by atoms with van der Waals surface area (Å²) in [5.41, 5.74) is 2.53. The number of aryl methyl sites for hydroxylation is 1. The molecule has 1 aliphatic heterocycles. The Hall–Kier alpha value is -2.32. The first-order valence-corrected chi connectivity index (χ1v) is 7.17. The topological polar surface area (TPSA) is 56.1 Å². The number of hydrogen-bond acceptors (Lipinski definition) is 3. The van der Waals surface area contributed by atoms with E-state index < -0.39 is 0 Å². The van der Waals surface area contributed by atoms with Gasteiger partial charge in [0.05, 0.1) is 16.6 Å². The van der Waals surface area contributed by atoms with Crippen LogP contribution in [0.1, 0.15) is 16.0 Å². The fourth-order valence-corrected chi connectivity index (χ4v) is 3.09. The zero-order valence-electron chi connectivity index (χ0n) is 11.0. The van der Waals surface area contributed by atoms with Crippen LogP contribution in [0.2, 0.25) is 0 Å². The van der Waals surface area contributed by atoms with E-state index in [-0.39, 0.29) is 6.03 Å². The van der Waals surface area contributed by atoms with Crippen LogP contribution in [0, 0.1) is 18.3 Å². The van der Waals surface area contributed by atoms with Gasteiger partial charge in [-0.05, 0) is 43.2 Å². The molecule has 5 heteroatoms. The van der Waals surface area contributed by atoms with E-state index in [1.807, 2.05) is 25.1 Å². The Kier molecular flexibility index (Phi) is 3.17. The summed E-state index contributed by atoms with van der Waals surface area (Å²) in [5.74, 6) is 0. The molecule has 2 amide bonds. The first-order chi connectivity index (χ1) is 9.67. The molecule has 100 valence electrons. The van der Waals surface area contributed by atoms with Crippen molar-refractivity contribution >= 4 is 28.1 Å². The van der Waals surface area contributed by atoms with Gasteiger partial charge in [0.1, 0.15) is 0 Å². The number of nitriles is 1. The Labute approximate surface area is 121 Å². The number of fused-ring (bicyclic) bond motifs is 1. The number of thiophene rings is 1. The van der Waals surface area contributed by atoms with Crippen molar-refractivity contribution in [2.45, 2.75) is 13.3 Å². The van der Waals surface area contributed by atoms with E-state index in [1.54, 1.807) is 28.4 Å². The maximum absolute atomic E-state index is 12.3. The molecule has 4 nitrogen and oxygen atoms in total. The van der Waals surface area contributed by atoms with Gasteiger partial charge in [0, 0.05) is 17.1 Å². The molecule has 0 bridgehead atoms. The number of benzene rings is 1. The zero-order chi connectivity index (χ0) is 14.1. The molecule has 1 aromatic carbocycles. The quantitative estimate of drug-likeness (QED) is 0.870. The highest BCUT2D eigenvalue weighted by molar-refractivity contribution is 7.16. The van der Waals surface area contributed by atoms with E-state index in [2.05, 4.69) is 11.4 Å². The molecule has 0 spiro atoms. The molecule has 0 saturated carbocycles. The summed E-state index contributed by atoms with van der Waals surface area (Å²) in [7, 11) is 0. The SMILES string of the molecule is Cc1ccc(NC(=O)N2CCc3ccc(C#N)cc32)s1. The van der Waals surface area contributed by atoms with Crippen molar-refractivity contribution in [1.82, 2.24) is 0 Å². The van der Waals surface area contributed by atoms with Gasteiger partial charge in [-0.1, -0.05) is 6.07 Å². The molecule has 0 atom stereocenters. The molecule has 3 rings (SSSR count). The number of urea groups is 1. The molecule has 0 fully saturated rings. The Bertz CT molecular complexity index is 714. The maximum Gasteiger partial charge on any atom is 0.326 e. The Morgan fingerprint density at radius 1 is 1.40 bits per heavy atom. The van der Waals surface area contributed by atoms with Crippen LogP contribution in [0.15, 0.2) is 30.3 Å². The number of nitrogens with one attached hydrogen (secondary N) is 1. The highest BCUT2D eigenvalue weighted by atomic mass is 32.1. The predicted molar refractivity (Wildman–Crippen MR) is 80.3 cm³/mol. The fourth-order valence-electron chi connectivity index (χ4n) is 2.33. The molecule has 1 aliphatic rings. The number of amides is 2. The molecule has 1 N–H and O–H groups in total. The van der Waals surface area contributed by atoms with Crippen LogP contribution in [0.5, 0.6) is 0 Å². The van der Waals surface area contributed by atoms with Crippen LogP contribution in [0.3, 0.4) is 0 Å². The second-order valence-corrected chi connectivity index (χ2v) is 5.99. The summed E-state index contributed by atoms with van der Waals surface area (Å²) < 4.78 is 0. The maximum atomic E-state index is 12.3. The van der Waals surface area contributed by atoms with Crippen molar-refractivity contribution in [3.63, 3.8) is 0 Å². The summed E-state index contributed by atoms with van der Waals surface area (Å²) in [6.07, 6.45) is 0.831. The Morgan fingerprint density at radius 3 is 2.95 bits per heavy atom. The van der Waals surface area contributed by atoms with Gasteiger partial charge in [-0.25, -0.2) is 4.79 Å². The first-order valence-electron chi connectivity index (χ1n) is 6.35. The molecule has 0 aliphatic carbocycles. The minimum absolute atomic E-state index is 0.138. The average Bonchev–Trinajstić information content (AvgIpc) is 3.04. The van der Waals surface area contributed by atoms with Crippen LogP contribution in [-0.2, 0) is 6.42 Å². The standard InChI is InChI=1S/C15H13N3OS/c1-10-2-5-14(20-10)17-15(19)18-7-6-12-4-3-11(9-16)8-13(12)18/h2-5,8H,6-7H2,1H3,(H,17,19). The largest absolute Gasteiger partial charge is 0.326 e. The van der Waals surface area contributed by atoms with Gasteiger partial charge < -0.3 is 0 Å². The minimum Gasteiger partial charge on any atom is -0.299 e. The van der Waals surface area contributed by atoms with Crippen molar-refractivity contribution in [2.24, 2.45) is 0 Å². The third-order valence-electron chi connectivity index (χ3n) is 3.33. The van der Waals surface area contributed by atoms with E-state index in [0.29, 0.717) is 12.1 Å². The third kappa shape index (κ3) is 2.26. The van der Waals surface area contributed by atoms with Crippen molar-refractivity contribution < 1.29 is 4.79 Å². The molecular weight excluding hydrogens is 270 g/mol. The number of anilines is 2. The van der Waals surface area contributed by atoms with E-state index in [1.165, 1.54) is 0 Å². The minimum atomic E-state index is -0.138. The molecule has 2 heterocycles. The first kappa shape index (κ1) is 12.7. The van der Waals surface area contributed by atoms with E-state index in [4.69, 9.17) is 5.26 Å². The second kappa shape index (κ2) is 4.99. The highest BCUT2D eigenvalue weighted by Crippen LogP contribution is 2.30. The van der Waals surface area contributed by atoms with Crippen LogP contribution in [0.25, 0.3) is 0 Å². The van der Waals surface area contributed by atoms with Crippen LogP contribution < -0.4 is 10.2 Å². The van der Waals surface area contributed by atoms with Crippen molar-refractivity contribution in [1.29, 1.82) is 5.26 Å². The van der Waals surface area contributed by atoms with Gasteiger partial charge in [0.15, 0.2) is 0 Å². The Morgan fingerprint density at radius 2 is 2.25 bits per heavy atom. The van der Waals surface area contributed by atoms with E-state index >= 15 is 0 Å². The van der Waals surface area contributed by atoms with Gasteiger partial charge >= 0.3 is 6.03 Å². The number of rotatable bonds is 1. The van der Waals surface area contributed by atoms with Crippen molar-refractivity contribution in [3.05, 3.63) is 46.3 Å². The lowest BCUT2D eigenvalue weighted by atomic mass is 10.1. The smallest absolute Gasteiger partial charge is 0.299 e. The summed E-state index contributed by atoms with van der Waals surface area (Å²) in [6.45, 7) is 2.66. The number of hydrogen-bond donors (Lipinski definition) is 1. The zero-order valence-corrected chi connectivity index (χ0v) is 11.8. The van der Waals surface area contributed by atoms with Crippen molar-refractivity contribution in [2.75, 3.05) is 16.8 Å². The third-order valence-corrected chi connectivity index (χ3v) is 4.24. The summed E-state index contributed by atoms with van der Waals surface area (Å²) in [4.78, 5) is 15.2. The lowest BCUT2D eigenvalue weighted by molar-refractivity contribution is 0.257. The lowest BCUT2D eigenvalue weighted by Gasteiger charge is -2.17. The van der Waals surface area contributed by atoms with Gasteiger partial charge in [0.25, 0.3) is 0 Å². The normalized spacial score (nSPS) is 12.9. The summed E-state index contributed by atoms with van der Waals surface area (Å²) in [6, 6.07) is 11.4. The van der Waals surface area contributed by atoms with Gasteiger partial charge in [0.2, 0.25) is 0 Å². The molecule has 0 unspecified atom stereocenters. The Balaban J connectivity index is 1.83. The molecular formula is C15H13N3OS. The van der Waals surface area contributed by atoms with E-state index in [0.717, 1.165) is 27.5 Å². The lowest BCUT2D eigenvalue weighted by Crippen LogP contribution is -2.33. The fraction of sp³-hybridized carbons (Fsp3) is 0.200. The number of carbonyl (C=O) groups is 1. The highest BCUT2D eigenvalue weighted by Gasteiger charge is 2.25. The molecule has 2 aromatic rings. The average molecular weight is 283 g/mol. The van der Waals surface area contributed by atoms with Crippen LogP contribution in [-0.4, -0.2) is 12.6 Å². The van der Waals surface area contributed by atoms with Crippen LogP contribution >= 0.6 is 11.3 Å². The monoisotopic (exact) mass is 283 g/mol. The molecule has 0 saturated heterocycles. The van der Waals surface area contributed by atoms with Crippen molar-refractivity contribution in [3.8, 4) is 6.07 Å². The predicted octanol–water partition coefficient (Wildman–Crippen LogP) is 3.52. The molecule has 1 aromatic heterocycles. The van der Waals surface area contributed by atoms with Gasteiger partial charge in [-0.3, -0.25) is 10.2 Å². The van der Waals surface area contributed by atoms with Gasteiger partial charge in [-0.15, -0.1) is 11.3 Å². The summed E-state index contributed by atoms with van der Waals surface area (Å²) >= 11 is 1.55. The second-order valence-electron chi connectivity index (χ2n) is 4.70. The van der Waals surface area contributed by atoms with Crippen LogP contribution in [0.4, 0.5) is 15.5 Å².